The minimum absolute atomic E-state index is 0.172. The Labute approximate surface area is 200 Å². The van der Waals surface area contributed by atoms with Gasteiger partial charge in [-0.1, -0.05) is 12.2 Å². The predicted molar refractivity (Wildman–Crippen MR) is 129 cm³/mol. The molecule has 8 nitrogen and oxygen atoms in total. The minimum atomic E-state index is -1.13. The maximum absolute atomic E-state index is 13.8. The van der Waals surface area contributed by atoms with Gasteiger partial charge in [-0.15, -0.1) is 0 Å². The third kappa shape index (κ3) is 4.20. The van der Waals surface area contributed by atoms with Gasteiger partial charge in [0.1, 0.15) is 28.7 Å². The van der Waals surface area contributed by atoms with Crippen molar-refractivity contribution in [2.75, 3.05) is 29.1 Å². The molecule has 34 heavy (non-hydrogen) atoms. The highest BCUT2D eigenvalue weighted by molar-refractivity contribution is 7.91. The van der Waals surface area contributed by atoms with Crippen LogP contribution in [0.5, 0.6) is 0 Å². The summed E-state index contributed by atoms with van der Waals surface area (Å²) in [5, 5.41) is 7.81. The summed E-state index contributed by atoms with van der Waals surface area (Å²) in [7, 11) is 0. The lowest BCUT2D eigenvalue weighted by Crippen LogP contribution is -2.41. The van der Waals surface area contributed by atoms with Gasteiger partial charge in [0.15, 0.2) is 5.82 Å². The van der Waals surface area contributed by atoms with Crippen LogP contribution in [0.1, 0.15) is 37.1 Å². The van der Waals surface area contributed by atoms with E-state index in [2.05, 4.69) is 20.7 Å². The molecule has 1 fully saturated rings. The normalized spacial score (nSPS) is 26.8. The molecule has 178 valence electrons. The second kappa shape index (κ2) is 9.07. The molecule has 3 atom stereocenters. The highest BCUT2D eigenvalue weighted by Crippen LogP contribution is 2.35. The molecule has 4 aliphatic rings. The molecular weight excluding hydrogens is 455 g/mol. The number of aryl methyl sites for hydroxylation is 1. The molecule has 10 heteroatoms. The molecule has 0 spiro atoms. The van der Waals surface area contributed by atoms with Crippen LogP contribution in [0.25, 0.3) is 0 Å². The van der Waals surface area contributed by atoms with Crippen molar-refractivity contribution in [3.05, 3.63) is 53.9 Å². The number of nitrogens with one attached hydrogen (secondary N) is 2. The van der Waals surface area contributed by atoms with E-state index < -0.39 is 11.2 Å². The van der Waals surface area contributed by atoms with E-state index in [0.29, 0.717) is 40.8 Å². The molecule has 0 aromatic carbocycles. The van der Waals surface area contributed by atoms with Gasteiger partial charge in [0.25, 0.3) is 0 Å². The van der Waals surface area contributed by atoms with E-state index in [4.69, 9.17) is 14.4 Å². The zero-order chi connectivity index (χ0) is 23.1. The van der Waals surface area contributed by atoms with Crippen LogP contribution in [0.2, 0.25) is 0 Å². The van der Waals surface area contributed by atoms with Crippen LogP contribution in [0.3, 0.4) is 0 Å². The molecule has 2 aromatic rings. The van der Waals surface area contributed by atoms with E-state index in [0.717, 1.165) is 49.5 Å². The monoisotopic (exact) mass is 482 g/mol. The average molecular weight is 483 g/mol. The second-order valence-corrected chi connectivity index (χ2v) is 10.7. The molecule has 0 amide bonds. The van der Waals surface area contributed by atoms with Crippen LogP contribution < -0.4 is 15.6 Å². The molecule has 0 bridgehead atoms. The number of aromatic nitrogens is 2. The summed E-state index contributed by atoms with van der Waals surface area (Å²) < 4.78 is 31.9. The van der Waals surface area contributed by atoms with Crippen LogP contribution in [0.15, 0.2) is 56.9 Å². The molecule has 1 aliphatic carbocycles. The van der Waals surface area contributed by atoms with Gasteiger partial charge in [0.2, 0.25) is 10.8 Å². The number of rotatable bonds is 5. The van der Waals surface area contributed by atoms with Crippen molar-refractivity contribution in [2.24, 2.45) is 11.0 Å². The fraction of sp³-hybridized carbons (Fsp3) is 0.458. The maximum atomic E-state index is 13.8. The summed E-state index contributed by atoms with van der Waals surface area (Å²) in [5.41, 5.74) is 5.13. The highest BCUT2D eigenvalue weighted by atomic mass is 32.2. The first-order chi connectivity index (χ1) is 16.6. The third-order valence-electron chi connectivity index (χ3n) is 7.01. The summed E-state index contributed by atoms with van der Waals surface area (Å²) in [6, 6.07) is 3.93. The number of fused-ring (bicyclic) bond motifs is 1. The smallest absolute Gasteiger partial charge is 0.227 e. The maximum Gasteiger partial charge on any atom is 0.227 e. The molecule has 2 N–H and O–H groups in total. The topological polar surface area (TPSA) is 102 Å². The molecule has 6 rings (SSSR count). The Bertz CT molecular complexity index is 1140. The van der Waals surface area contributed by atoms with Crippen LogP contribution in [0, 0.1) is 5.92 Å². The van der Waals surface area contributed by atoms with Gasteiger partial charge in [-0.2, -0.15) is 10.1 Å². The van der Waals surface area contributed by atoms with Crippen molar-refractivity contribution in [1.29, 1.82) is 0 Å². The number of halogens is 1. The Kier molecular flexibility index (Phi) is 5.78. The summed E-state index contributed by atoms with van der Waals surface area (Å²) in [4.78, 5) is 12.5. The number of hydrazone groups is 1. The Morgan fingerprint density at radius 3 is 2.91 bits per heavy atom. The molecule has 5 heterocycles. The number of piperidine rings is 1. The quantitative estimate of drug-likeness (QED) is 0.631. The minimum Gasteiger partial charge on any atom is -0.611 e. The Balaban J connectivity index is 1.14. The van der Waals surface area contributed by atoms with Crippen molar-refractivity contribution in [2.45, 2.75) is 49.1 Å². The van der Waals surface area contributed by atoms with E-state index in [1.807, 2.05) is 18.2 Å². The van der Waals surface area contributed by atoms with E-state index in [9.17, 15) is 8.94 Å². The van der Waals surface area contributed by atoms with Gasteiger partial charge in [-0.25, -0.2) is 9.37 Å². The van der Waals surface area contributed by atoms with Crippen LogP contribution in [0.4, 0.5) is 16.2 Å². The summed E-state index contributed by atoms with van der Waals surface area (Å²) in [6.45, 7) is 1.70. The molecular formula is C24H27FN6O2S. The average Bonchev–Trinajstić information content (AvgIpc) is 3.61. The molecule has 2 aromatic heterocycles. The SMILES string of the molecule is [O-][S+]1CCc2nc(N3CCC(C4CC(c5ccco5)=NN4)CC3)nc(NC3C=CC=C(F)C3)c21. The fourth-order valence-electron chi connectivity index (χ4n) is 5.17. The number of hydrogen-bond acceptors (Lipinski definition) is 8. The molecule has 1 saturated heterocycles. The van der Waals surface area contributed by atoms with E-state index in [1.54, 1.807) is 12.3 Å². The van der Waals surface area contributed by atoms with E-state index in [-0.39, 0.29) is 18.3 Å². The van der Waals surface area contributed by atoms with Crippen molar-refractivity contribution >= 4 is 28.7 Å². The highest BCUT2D eigenvalue weighted by Gasteiger charge is 2.36. The van der Waals surface area contributed by atoms with Crippen LogP contribution >= 0.6 is 0 Å². The van der Waals surface area contributed by atoms with Crippen LogP contribution in [-0.4, -0.2) is 51.2 Å². The van der Waals surface area contributed by atoms with Crippen molar-refractivity contribution in [3.63, 3.8) is 0 Å². The zero-order valence-corrected chi connectivity index (χ0v) is 19.6. The lowest BCUT2D eigenvalue weighted by atomic mass is 9.87. The zero-order valence-electron chi connectivity index (χ0n) is 18.7. The molecule has 0 radical (unpaired) electrons. The van der Waals surface area contributed by atoms with E-state index in [1.165, 1.54) is 6.08 Å². The first-order valence-corrected chi connectivity index (χ1v) is 13.2. The van der Waals surface area contributed by atoms with Gasteiger partial charge in [-0.3, -0.25) is 0 Å². The number of allylic oxidation sites excluding steroid dienone is 2. The summed E-state index contributed by atoms with van der Waals surface area (Å²) in [6.07, 6.45) is 10.6. The van der Waals surface area contributed by atoms with Crippen LogP contribution in [-0.2, 0) is 17.6 Å². The van der Waals surface area contributed by atoms with Crippen molar-refractivity contribution in [1.82, 2.24) is 15.4 Å². The largest absolute Gasteiger partial charge is 0.611 e. The third-order valence-corrected chi connectivity index (χ3v) is 8.47. The Morgan fingerprint density at radius 1 is 1.24 bits per heavy atom. The first-order valence-electron chi connectivity index (χ1n) is 11.8. The van der Waals surface area contributed by atoms with Crippen molar-refractivity contribution < 1.29 is 13.4 Å². The standard InChI is InChI=1S/C24H27FN6O2S/c25-16-3-1-4-17(13-16)26-23-22-18(8-12-34(22)32)27-24(28-23)31-9-6-15(7-10-31)19-14-20(30-29-19)21-5-2-11-33-21/h1-5,11,15,17,19,29H,6-10,12-14H2,(H,26,27,28). The second-order valence-electron chi connectivity index (χ2n) is 9.20. The molecule has 0 saturated carbocycles. The number of hydrogen-bond donors (Lipinski definition) is 2. The predicted octanol–water partition coefficient (Wildman–Crippen LogP) is 3.31. The van der Waals surface area contributed by atoms with Gasteiger partial charge in [0, 0.05) is 32.4 Å². The first kappa shape index (κ1) is 21.7. The number of furan rings is 1. The molecule has 3 aliphatic heterocycles. The van der Waals surface area contributed by atoms with Gasteiger partial charge in [0.05, 0.1) is 18.3 Å². The van der Waals surface area contributed by atoms with Crippen molar-refractivity contribution in [3.8, 4) is 0 Å². The summed E-state index contributed by atoms with van der Waals surface area (Å²) in [5.74, 6) is 2.98. The fourth-order valence-corrected chi connectivity index (χ4v) is 6.48. The Hall–Kier alpha value is -2.85. The lowest BCUT2D eigenvalue weighted by molar-refractivity contribution is 0.314. The van der Waals surface area contributed by atoms with E-state index >= 15 is 0 Å². The molecule has 3 unspecified atom stereocenters. The van der Waals surface area contributed by atoms with Gasteiger partial charge in [-0.05, 0) is 48.1 Å². The lowest BCUT2D eigenvalue weighted by Gasteiger charge is -2.34. The summed E-state index contributed by atoms with van der Waals surface area (Å²) >= 11 is -1.13. The van der Waals surface area contributed by atoms with Gasteiger partial charge >= 0.3 is 0 Å². The number of nitrogens with zero attached hydrogens (tertiary/aromatic N) is 4. The Morgan fingerprint density at radius 2 is 2.12 bits per heavy atom. The van der Waals surface area contributed by atoms with Gasteiger partial charge < -0.3 is 24.6 Å². The number of anilines is 2.